The van der Waals surface area contributed by atoms with Crippen LogP contribution < -0.4 is 10.6 Å². The van der Waals surface area contributed by atoms with Gasteiger partial charge in [-0.15, -0.1) is 0 Å². The van der Waals surface area contributed by atoms with E-state index in [0.717, 1.165) is 12.1 Å². The molecule has 132 valence electrons. The van der Waals surface area contributed by atoms with Crippen molar-refractivity contribution in [2.75, 3.05) is 10.6 Å². The van der Waals surface area contributed by atoms with Crippen LogP contribution in [-0.2, 0) is 0 Å². The number of halogens is 3. The molecule has 0 saturated carbocycles. The van der Waals surface area contributed by atoms with E-state index >= 15 is 0 Å². The summed E-state index contributed by atoms with van der Waals surface area (Å²) in [4.78, 5) is 19.2. The first-order valence-electron chi connectivity index (χ1n) is 7.27. The van der Waals surface area contributed by atoms with E-state index in [1.807, 2.05) is 0 Å². The largest absolute Gasteiger partial charge is 0.478 e. The van der Waals surface area contributed by atoms with E-state index in [2.05, 4.69) is 36.5 Å². The highest BCUT2D eigenvalue weighted by molar-refractivity contribution is 9.10. The van der Waals surface area contributed by atoms with Crippen LogP contribution in [0.2, 0.25) is 0 Å². The third-order valence-electron chi connectivity index (χ3n) is 3.31. The van der Waals surface area contributed by atoms with Crippen molar-refractivity contribution >= 4 is 45.0 Å². The second-order valence-electron chi connectivity index (χ2n) is 5.15. The summed E-state index contributed by atoms with van der Waals surface area (Å²) in [5.41, 5.74) is 1.07. The van der Waals surface area contributed by atoms with E-state index < -0.39 is 17.6 Å². The molecule has 0 spiro atoms. The summed E-state index contributed by atoms with van der Waals surface area (Å²) in [5.74, 6) is -2.35. The highest BCUT2D eigenvalue weighted by atomic mass is 79.9. The van der Waals surface area contributed by atoms with E-state index in [0.29, 0.717) is 21.7 Å². The van der Waals surface area contributed by atoms with Crippen LogP contribution in [0.1, 0.15) is 10.4 Å². The number of hydrogen-bond donors (Lipinski definition) is 3. The van der Waals surface area contributed by atoms with Gasteiger partial charge in [-0.3, -0.25) is 0 Å². The molecule has 0 unspecified atom stereocenters. The van der Waals surface area contributed by atoms with E-state index in [1.54, 1.807) is 12.1 Å². The minimum Gasteiger partial charge on any atom is -0.478 e. The van der Waals surface area contributed by atoms with Crippen molar-refractivity contribution in [2.24, 2.45) is 0 Å². The number of carbonyl (C=O) groups is 1. The predicted octanol–water partition coefficient (Wildman–Crippen LogP) is 4.70. The summed E-state index contributed by atoms with van der Waals surface area (Å²) in [7, 11) is 0. The third kappa shape index (κ3) is 4.12. The maximum absolute atomic E-state index is 13.3. The van der Waals surface area contributed by atoms with E-state index in [4.69, 9.17) is 5.11 Å². The van der Waals surface area contributed by atoms with Gasteiger partial charge in [0.1, 0.15) is 5.82 Å². The summed E-state index contributed by atoms with van der Waals surface area (Å²) in [6.07, 6.45) is 1.49. The maximum Gasteiger partial charge on any atom is 0.335 e. The summed E-state index contributed by atoms with van der Waals surface area (Å²) in [5, 5.41) is 14.7. The van der Waals surface area contributed by atoms with Crippen LogP contribution in [0.15, 0.2) is 53.1 Å². The maximum atomic E-state index is 13.3. The predicted molar refractivity (Wildman–Crippen MR) is 96.1 cm³/mol. The Labute approximate surface area is 155 Å². The molecule has 0 radical (unpaired) electrons. The van der Waals surface area contributed by atoms with Crippen LogP contribution in [0.5, 0.6) is 0 Å². The van der Waals surface area contributed by atoms with Gasteiger partial charge in [0, 0.05) is 23.6 Å². The Hall–Kier alpha value is -3.07. The minimum atomic E-state index is -1.02. The summed E-state index contributed by atoms with van der Waals surface area (Å²) < 4.78 is 26.9. The van der Waals surface area contributed by atoms with Crippen LogP contribution in [0.4, 0.5) is 31.9 Å². The number of aromatic nitrogens is 2. The fraction of sp³-hybridized carbons (Fsp3) is 0. The van der Waals surface area contributed by atoms with Gasteiger partial charge in [-0.2, -0.15) is 4.98 Å². The highest BCUT2D eigenvalue weighted by Crippen LogP contribution is 2.26. The lowest BCUT2D eigenvalue weighted by molar-refractivity contribution is 0.0697. The Morgan fingerprint density at radius 1 is 1.00 bits per heavy atom. The lowest BCUT2D eigenvalue weighted by atomic mass is 10.2. The number of benzene rings is 2. The first kappa shape index (κ1) is 17.7. The van der Waals surface area contributed by atoms with Crippen molar-refractivity contribution in [1.82, 2.24) is 9.97 Å². The normalized spacial score (nSPS) is 10.4. The first-order chi connectivity index (χ1) is 12.4. The van der Waals surface area contributed by atoms with Crippen molar-refractivity contribution in [3.8, 4) is 0 Å². The molecular formula is C17H11BrF2N4O2. The molecule has 0 fully saturated rings. The van der Waals surface area contributed by atoms with Gasteiger partial charge in [-0.25, -0.2) is 18.6 Å². The average Bonchev–Trinajstić information content (AvgIpc) is 2.61. The number of carboxylic acid groups (broad SMARTS) is 1. The SMILES string of the molecule is O=C(O)c1ccc(Nc2ncc(Br)c(Nc3ccc(F)c(F)c3)n2)cc1. The zero-order valence-electron chi connectivity index (χ0n) is 13.0. The summed E-state index contributed by atoms with van der Waals surface area (Å²) in [6.45, 7) is 0. The number of carboxylic acids is 1. The van der Waals surface area contributed by atoms with Crippen LogP contribution in [0.25, 0.3) is 0 Å². The van der Waals surface area contributed by atoms with Crippen LogP contribution in [-0.4, -0.2) is 21.0 Å². The molecule has 0 atom stereocenters. The molecule has 1 aromatic heterocycles. The molecule has 0 amide bonds. The number of nitrogens with one attached hydrogen (secondary N) is 2. The zero-order chi connectivity index (χ0) is 18.7. The van der Waals surface area contributed by atoms with Gasteiger partial charge in [0.15, 0.2) is 11.6 Å². The van der Waals surface area contributed by atoms with Crippen molar-refractivity contribution < 1.29 is 18.7 Å². The Kier molecular flexibility index (Phi) is 5.08. The van der Waals surface area contributed by atoms with E-state index in [9.17, 15) is 13.6 Å². The molecule has 0 aliphatic carbocycles. The smallest absolute Gasteiger partial charge is 0.335 e. The van der Waals surface area contributed by atoms with E-state index in [1.165, 1.54) is 24.4 Å². The van der Waals surface area contributed by atoms with Gasteiger partial charge >= 0.3 is 5.97 Å². The molecule has 3 N–H and O–H groups in total. The summed E-state index contributed by atoms with van der Waals surface area (Å²) >= 11 is 3.28. The van der Waals surface area contributed by atoms with Gasteiger partial charge in [-0.1, -0.05) is 0 Å². The van der Waals surface area contributed by atoms with Crippen LogP contribution in [0.3, 0.4) is 0 Å². The number of rotatable bonds is 5. The van der Waals surface area contributed by atoms with Crippen molar-refractivity contribution in [3.63, 3.8) is 0 Å². The number of nitrogens with zero attached hydrogens (tertiary/aromatic N) is 2. The molecule has 3 aromatic rings. The molecule has 0 bridgehead atoms. The average molecular weight is 421 g/mol. The molecule has 9 heteroatoms. The van der Waals surface area contributed by atoms with Crippen LogP contribution >= 0.6 is 15.9 Å². The second-order valence-corrected chi connectivity index (χ2v) is 6.01. The molecule has 26 heavy (non-hydrogen) atoms. The van der Waals surface area contributed by atoms with Crippen molar-refractivity contribution in [1.29, 1.82) is 0 Å². The fourth-order valence-corrected chi connectivity index (χ4v) is 2.34. The van der Waals surface area contributed by atoms with Gasteiger partial charge in [0.2, 0.25) is 5.95 Å². The van der Waals surface area contributed by atoms with E-state index in [-0.39, 0.29) is 11.5 Å². The van der Waals surface area contributed by atoms with Crippen molar-refractivity contribution in [3.05, 3.63) is 70.3 Å². The molecule has 1 heterocycles. The lowest BCUT2D eigenvalue weighted by Gasteiger charge is -2.10. The number of hydrogen-bond acceptors (Lipinski definition) is 5. The molecule has 0 aliphatic heterocycles. The zero-order valence-corrected chi connectivity index (χ0v) is 14.6. The van der Waals surface area contributed by atoms with Gasteiger partial charge < -0.3 is 15.7 Å². The monoisotopic (exact) mass is 420 g/mol. The number of anilines is 4. The Morgan fingerprint density at radius 3 is 2.35 bits per heavy atom. The van der Waals surface area contributed by atoms with Crippen molar-refractivity contribution in [2.45, 2.75) is 0 Å². The molecule has 2 aromatic carbocycles. The number of aromatic carboxylic acids is 1. The van der Waals surface area contributed by atoms with Gasteiger partial charge in [-0.05, 0) is 52.3 Å². The van der Waals surface area contributed by atoms with Crippen LogP contribution in [0, 0.1) is 11.6 Å². The Bertz CT molecular complexity index is 967. The molecule has 6 nitrogen and oxygen atoms in total. The lowest BCUT2D eigenvalue weighted by Crippen LogP contribution is -2.02. The Balaban J connectivity index is 1.80. The second kappa shape index (κ2) is 7.44. The fourth-order valence-electron chi connectivity index (χ4n) is 2.05. The molecular weight excluding hydrogens is 410 g/mol. The molecule has 0 aliphatic rings. The topological polar surface area (TPSA) is 87.1 Å². The minimum absolute atomic E-state index is 0.160. The summed E-state index contributed by atoms with van der Waals surface area (Å²) in [6, 6.07) is 9.46. The first-order valence-corrected chi connectivity index (χ1v) is 8.06. The molecule has 3 rings (SSSR count). The van der Waals surface area contributed by atoms with Gasteiger partial charge in [0.25, 0.3) is 0 Å². The highest BCUT2D eigenvalue weighted by Gasteiger charge is 2.09. The van der Waals surface area contributed by atoms with Gasteiger partial charge in [0.05, 0.1) is 10.0 Å². The molecule has 0 saturated heterocycles. The Morgan fingerprint density at radius 2 is 1.69 bits per heavy atom. The quantitative estimate of drug-likeness (QED) is 0.554. The standard InChI is InChI=1S/C17H11BrF2N4O2/c18-12-8-21-17(23-10-3-1-9(2-4-10)16(25)26)24-15(12)22-11-5-6-13(19)14(20)7-11/h1-8H,(H,25,26)(H2,21,22,23,24). The third-order valence-corrected chi connectivity index (χ3v) is 3.89.